The van der Waals surface area contributed by atoms with Gasteiger partial charge in [-0.15, -0.1) is 0 Å². The molecule has 1 aliphatic carbocycles. The second-order valence-electron chi connectivity index (χ2n) is 17.7. The van der Waals surface area contributed by atoms with Crippen molar-refractivity contribution in [3.63, 3.8) is 0 Å². The van der Waals surface area contributed by atoms with Crippen molar-refractivity contribution in [2.75, 3.05) is 19.8 Å². The number of phosphoric ester groups is 1. The Hall–Kier alpha value is -1.87. The summed E-state index contributed by atoms with van der Waals surface area (Å²) in [5, 5.41) is 82.8. The fourth-order valence-corrected chi connectivity index (χ4v) is 8.77. The zero-order chi connectivity index (χ0) is 48.7. The van der Waals surface area contributed by atoms with Crippen LogP contribution in [0.5, 0.6) is 0 Å². The standard InChI is InChI=1S/C47H85O18P/c1-3-5-7-9-11-13-15-17-19-21-23-25-27-29-36(49)60-32-34(62-37(50)30-28-26-24-22-20-18-16-14-12-10-8-6-4-2)33-61-66(58,59)65-46-43(56)41(54)40(53)42(55)45(46)64-47-44(57)39(52)38(51)35(31-48)63-47/h8,10,14,16,34-35,38-48,51-57H,3-7,9,11-13,15,17-33H2,1-2H3,(H,58,59)/b10-8-,16-14-/t34-,35?,38-,39?,40-,41?,42?,43?,44-,45-,46-,47-/m1/s1. The number of carbonyl (C=O) groups excluding carboxylic acids is 2. The predicted molar refractivity (Wildman–Crippen MR) is 245 cm³/mol. The lowest BCUT2D eigenvalue weighted by Crippen LogP contribution is -2.67. The van der Waals surface area contributed by atoms with E-state index in [0.717, 1.165) is 77.0 Å². The number of carbonyl (C=O) groups is 2. The van der Waals surface area contributed by atoms with Gasteiger partial charge < -0.3 is 64.7 Å². The van der Waals surface area contributed by atoms with Gasteiger partial charge in [0.05, 0.1) is 13.2 Å². The maximum Gasteiger partial charge on any atom is 0.472 e. The molecule has 19 heteroatoms. The van der Waals surface area contributed by atoms with Crippen LogP contribution < -0.4 is 0 Å². The second-order valence-corrected chi connectivity index (χ2v) is 19.1. The van der Waals surface area contributed by atoms with Gasteiger partial charge in [0.15, 0.2) is 12.4 Å². The summed E-state index contributed by atoms with van der Waals surface area (Å²) in [4.78, 5) is 36.5. The van der Waals surface area contributed by atoms with Crippen LogP contribution in [0.2, 0.25) is 0 Å². The van der Waals surface area contributed by atoms with E-state index in [2.05, 4.69) is 38.2 Å². The molecule has 0 aromatic heterocycles. The summed E-state index contributed by atoms with van der Waals surface area (Å²) in [6.07, 6.45) is 8.42. The van der Waals surface area contributed by atoms with Crippen molar-refractivity contribution < 1.29 is 87.9 Å². The van der Waals surface area contributed by atoms with E-state index < -0.39 is 113 Å². The van der Waals surface area contributed by atoms with E-state index in [1.807, 2.05) is 0 Å². The Morgan fingerprint density at radius 2 is 1.08 bits per heavy atom. The molecule has 13 atom stereocenters. The molecule has 1 aliphatic heterocycles. The molecule has 0 spiro atoms. The number of aliphatic hydroxyl groups excluding tert-OH is 8. The van der Waals surface area contributed by atoms with Crippen molar-refractivity contribution >= 4 is 19.8 Å². The normalized spacial score (nSPS) is 28.4. The number of rotatable bonds is 37. The Morgan fingerprint density at radius 3 is 1.64 bits per heavy atom. The number of unbranched alkanes of at least 4 members (excludes halogenated alkanes) is 18. The smallest absolute Gasteiger partial charge is 0.462 e. The molecule has 18 nitrogen and oxygen atoms in total. The summed E-state index contributed by atoms with van der Waals surface area (Å²) in [5.41, 5.74) is 0. The average Bonchev–Trinajstić information content (AvgIpc) is 3.29. The number of allylic oxidation sites excluding steroid dienone is 4. The highest BCUT2D eigenvalue weighted by molar-refractivity contribution is 7.47. The van der Waals surface area contributed by atoms with Gasteiger partial charge in [-0.05, 0) is 38.5 Å². The number of phosphoric acid groups is 1. The topological polar surface area (TPSA) is 289 Å². The number of aliphatic hydroxyl groups is 8. The first-order valence-corrected chi connectivity index (χ1v) is 26.2. The third-order valence-electron chi connectivity index (χ3n) is 11.9. The molecule has 1 saturated heterocycles. The summed E-state index contributed by atoms with van der Waals surface area (Å²) < 4.78 is 45.4. The summed E-state index contributed by atoms with van der Waals surface area (Å²) in [6, 6.07) is 0. The molecule has 6 unspecified atom stereocenters. The average molecular weight is 969 g/mol. The van der Waals surface area contributed by atoms with Crippen molar-refractivity contribution in [2.45, 2.75) is 241 Å². The van der Waals surface area contributed by atoms with Crippen molar-refractivity contribution in [3.8, 4) is 0 Å². The lowest BCUT2D eigenvalue weighted by molar-refractivity contribution is -0.338. The summed E-state index contributed by atoms with van der Waals surface area (Å²) in [7, 11) is -5.37. The number of hydrogen-bond donors (Lipinski definition) is 9. The van der Waals surface area contributed by atoms with E-state index in [-0.39, 0.29) is 12.8 Å². The minimum absolute atomic E-state index is 0.0179. The summed E-state index contributed by atoms with van der Waals surface area (Å²) >= 11 is 0. The largest absolute Gasteiger partial charge is 0.472 e. The fraction of sp³-hybridized carbons (Fsp3) is 0.872. The second kappa shape index (κ2) is 35.3. The van der Waals surface area contributed by atoms with E-state index in [0.29, 0.717) is 12.8 Å². The van der Waals surface area contributed by atoms with Crippen LogP contribution in [0.4, 0.5) is 0 Å². The molecule has 0 amide bonds. The molecular weight excluding hydrogens is 883 g/mol. The van der Waals surface area contributed by atoms with Crippen LogP contribution in [0, 0.1) is 0 Å². The fourth-order valence-electron chi connectivity index (χ4n) is 7.80. The van der Waals surface area contributed by atoms with Crippen molar-refractivity contribution in [1.82, 2.24) is 0 Å². The molecule has 2 rings (SSSR count). The molecule has 0 aromatic rings. The minimum atomic E-state index is -5.37. The Morgan fingerprint density at radius 1 is 0.576 bits per heavy atom. The zero-order valence-electron chi connectivity index (χ0n) is 39.5. The molecule has 1 heterocycles. The first-order valence-electron chi connectivity index (χ1n) is 24.7. The van der Waals surface area contributed by atoms with E-state index in [1.54, 1.807) is 0 Å². The first-order chi connectivity index (χ1) is 31.7. The van der Waals surface area contributed by atoms with Crippen LogP contribution in [0.25, 0.3) is 0 Å². The quantitative estimate of drug-likeness (QED) is 0.0169. The maximum absolute atomic E-state index is 13.4. The molecule has 0 aromatic carbocycles. The monoisotopic (exact) mass is 969 g/mol. The highest BCUT2D eigenvalue weighted by atomic mass is 31.2. The molecule has 386 valence electrons. The molecular formula is C47H85O18P. The molecule has 1 saturated carbocycles. The summed E-state index contributed by atoms with van der Waals surface area (Å²) in [5.74, 6) is -1.23. The van der Waals surface area contributed by atoms with Gasteiger partial charge in [0.25, 0.3) is 0 Å². The molecule has 66 heavy (non-hydrogen) atoms. The van der Waals surface area contributed by atoms with Crippen LogP contribution in [0.1, 0.15) is 168 Å². The Kier molecular flexibility index (Phi) is 32.2. The Bertz CT molecular complexity index is 1380. The predicted octanol–water partition coefficient (Wildman–Crippen LogP) is 5.10. The van der Waals surface area contributed by atoms with E-state index in [1.165, 1.54) is 51.4 Å². The van der Waals surface area contributed by atoms with Crippen LogP contribution in [0.15, 0.2) is 24.3 Å². The van der Waals surface area contributed by atoms with Gasteiger partial charge in [-0.25, -0.2) is 4.57 Å². The molecule has 2 aliphatic rings. The number of hydrogen-bond acceptors (Lipinski definition) is 17. The van der Waals surface area contributed by atoms with E-state index in [4.69, 9.17) is 28.0 Å². The SMILES string of the molecule is CCC/C=C\C/C=C\CCCCCCCC(=O)O[C@H](COC(=O)CCCCCCCCCCCCCCC)COP(=O)(O)O[C@@H]1C(O)C(O)[C@@H](O)C(O)[C@H]1O[C@H]1OC(CO)[C@@H](O)C(O)[C@H]1O. The molecule has 0 radical (unpaired) electrons. The van der Waals surface area contributed by atoms with Crippen molar-refractivity contribution in [3.05, 3.63) is 24.3 Å². The van der Waals surface area contributed by atoms with Gasteiger partial charge >= 0.3 is 19.8 Å². The zero-order valence-corrected chi connectivity index (χ0v) is 40.4. The van der Waals surface area contributed by atoms with Gasteiger partial charge in [-0.2, -0.15) is 0 Å². The van der Waals surface area contributed by atoms with Crippen LogP contribution >= 0.6 is 7.82 Å². The Labute approximate surface area is 392 Å². The summed E-state index contributed by atoms with van der Waals surface area (Å²) in [6.45, 7) is 2.14. The van der Waals surface area contributed by atoms with Gasteiger partial charge in [0, 0.05) is 12.8 Å². The van der Waals surface area contributed by atoms with Crippen molar-refractivity contribution in [2.24, 2.45) is 0 Å². The minimum Gasteiger partial charge on any atom is -0.462 e. The Balaban J connectivity index is 1.97. The third-order valence-corrected chi connectivity index (χ3v) is 12.9. The number of ether oxygens (including phenoxy) is 4. The van der Waals surface area contributed by atoms with Gasteiger partial charge in [-0.3, -0.25) is 18.6 Å². The van der Waals surface area contributed by atoms with Gasteiger partial charge in [-0.1, -0.05) is 141 Å². The molecule has 2 fully saturated rings. The van der Waals surface area contributed by atoms with Gasteiger partial charge in [0.2, 0.25) is 0 Å². The maximum atomic E-state index is 13.4. The lowest BCUT2D eigenvalue weighted by Gasteiger charge is -2.47. The van der Waals surface area contributed by atoms with Gasteiger partial charge in [0.1, 0.15) is 67.6 Å². The van der Waals surface area contributed by atoms with E-state index in [9.17, 15) is 59.9 Å². The third kappa shape index (κ3) is 24.1. The lowest BCUT2D eigenvalue weighted by atomic mass is 9.84. The van der Waals surface area contributed by atoms with E-state index >= 15 is 0 Å². The van der Waals surface area contributed by atoms with Crippen LogP contribution in [-0.4, -0.2) is 151 Å². The highest BCUT2D eigenvalue weighted by Gasteiger charge is 2.55. The molecule has 0 bridgehead atoms. The van der Waals surface area contributed by atoms with Crippen LogP contribution in [0.3, 0.4) is 0 Å². The van der Waals surface area contributed by atoms with Crippen LogP contribution in [-0.2, 0) is 42.1 Å². The van der Waals surface area contributed by atoms with Crippen molar-refractivity contribution in [1.29, 1.82) is 0 Å². The number of esters is 2. The highest BCUT2D eigenvalue weighted by Crippen LogP contribution is 2.48. The first kappa shape index (κ1) is 60.3. The molecule has 9 N–H and O–H groups in total.